The molecule has 2 aromatic carbocycles. The number of methoxy groups -OCH3 is 3. The number of hydrogen-bond donors (Lipinski definition) is 1. The average Bonchev–Trinajstić information content (AvgIpc) is 2.90. The molecule has 1 atom stereocenters. The standard InChI is InChI=1S/C23H25F2N3O5.C2H3ClO2/c1-4-15-12-20(29)28(13-14-5-8-17(9-6-14)26-23(30)32-3)27-21(15)16-7-10-18(33-22(24)25)19(11-16)31-2;1-5-2(3)4/h5-11,15,22H,4,12-13H2,1-3H3,(H,26,30);1H3. The summed E-state index contributed by atoms with van der Waals surface area (Å²) in [7, 11) is 3.86. The number of amides is 2. The number of alkyl halides is 2. The fourth-order valence-electron chi connectivity index (χ4n) is 3.49. The van der Waals surface area contributed by atoms with Gasteiger partial charge in [-0.2, -0.15) is 13.9 Å². The first-order valence-corrected chi connectivity index (χ1v) is 11.7. The second-order valence-corrected chi connectivity index (χ2v) is 8.05. The molecule has 0 aromatic heterocycles. The Labute approximate surface area is 223 Å². The van der Waals surface area contributed by atoms with Crippen molar-refractivity contribution in [3.05, 3.63) is 53.6 Å². The van der Waals surface area contributed by atoms with Gasteiger partial charge in [-0.15, -0.1) is 0 Å². The number of anilines is 1. The number of carbonyl (C=O) groups is 3. The van der Waals surface area contributed by atoms with Gasteiger partial charge in [-0.05, 0) is 42.3 Å². The third-order valence-corrected chi connectivity index (χ3v) is 5.53. The fraction of sp³-hybridized carbons (Fsp3) is 0.360. The Kier molecular flexibility index (Phi) is 11.7. The van der Waals surface area contributed by atoms with E-state index in [2.05, 4.69) is 36.2 Å². The molecule has 1 aliphatic rings. The largest absolute Gasteiger partial charge is 0.493 e. The van der Waals surface area contributed by atoms with Gasteiger partial charge in [-0.25, -0.2) is 14.6 Å². The minimum absolute atomic E-state index is 0.0747. The van der Waals surface area contributed by atoms with E-state index in [1.54, 1.807) is 36.4 Å². The lowest BCUT2D eigenvalue weighted by atomic mass is 9.89. The van der Waals surface area contributed by atoms with Crippen molar-refractivity contribution in [1.82, 2.24) is 5.01 Å². The molecule has 3 rings (SSSR count). The van der Waals surface area contributed by atoms with Gasteiger partial charge in [0.15, 0.2) is 11.5 Å². The van der Waals surface area contributed by atoms with Crippen LogP contribution in [0.15, 0.2) is 47.6 Å². The second-order valence-electron chi connectivity index (χ2n) is 7.75. The SMILES string of the molecule is CCC1CC(=O)N(Cc2ccc(NC(=O)OC)cc2)N=C1c1ccc(OC(F)F)c(OC)c1.COC(=O)Cl. The number of hydrogen-bond acceptors (Lipinski definition) is 8. The molecule has 1 unspecified atom stereocenters. The molecule has 38 heavy (non-hydrogen) atoms. The third-order valence-electron chi connectivity index (χ3n) is 5.37. The van der Waals surface area contributed by atoms with Crippen LogP contribution < -0.4 is 14.8 Å². The van der Waals surface area contributed by atoms with Gasteiger partial charge in [0.2, 0.25) is 5.91 Å². The van der Waals surface area contributed by atoms with Gasteiger partial charge >= 0.3 is 18.1 Å². The van der Waals surface area contributed by atoms with E-state index >= 15 is 0 Å². The molecule has 2 amide bonds. The Morgan fingerprint density at radius 2 is 1.76 bits per heavy atom. The maximum Gasteiger partial charge on any atom is 0.411 e. The van der Waals surface area contributed by atoms with E-state index in [-0.39, 0.29) is 36.3 Å². The Morgan fingerprint density at radius 1 is 1.11 bits per heavy atom. The summed E-state index contributed by atoms with van der Waals surface area (Å²) in [5.74, 6) is -0.157. The van der Waals surface area contributed by atoms with Crippen molar-refractivity contribution >= 4 is 40.4 Å². The molecule has 0 bridgehead atoms. The summed E-state index contributed by atoms with van der Waals surface area (Å²) in [4.78, 5) is 33.4. The topological polar surface area (TPSA) is 116 Å². The van der Waals surface area contributed by atoms with Crippen LogP contribution in [0.25, 0.3) is 0 Å². The summed E-state index contributed by atoms with van der Waals surface area (Å²) in [5.41, 5.74) is 1.93. The highest BCUT2D eigenvalue weighted by molar-refractivity contribution is 6.61. The lowest BCUT2D eigenvalue weighted by Gasteiger charge is -2.29. The van der Waals surface area contributed by atoms with Crippen LogP contribution in [0.3, 0.4) is 0 Å². The van der Waals surface area contributed by atoms with Gasteiger partial charge in [0, 0.05) is 35.2 Å². The van der Waals surface area contributed by atoms with E-state index in [1.807, 2.05) is 6.92 Å². The zero-order valence-corrected chi connectivity index (χ0v) is 22.0. The molecular formula is C25H28ClF2N3O7. The summed E-state index contributed by atoms with van der Waals surface area (Å²) >= 11 is 4.60. The molecule has 1 N–H and O–H groups in total. The first-order valence-electron chi connectivity index (χ1n) is 11.3. The van der Waals surface area contributed by atoms with Crippen molar-refractivity contribution in [3.63, 3.8) is 0 Å². The number of nitrogens with zero attached hydrogens (tertiary/aromatic N) is 2. The van der Waals surface area contributed by atoms with E-state index in [4.69, 9.17) is 4.74 Å². The highest BCUT2D eigenvalue weighted by Gasteiger charge is 2.30. The third kappa shape index (κ3) is 8.87. The summed E-state index contributed by atoms with van der Waals surface area (Å²) < 4.78 is 43.4. The molecule has 1 heterocycles. The molecule has 13 heteroatoms. The van der Waals surface area contributed by atoms with Gasteiger partial charge in [0.1, 0.15) is 0 Å². The number of nitrogens with one attached hydrogen (secondary N) is 1. The first kappa shape index (κ1) is 30.3. The summed E-state index contributed by atoms with van der Waals surface area (Å²) in [6, 6.07) is 11.6. The number of halogens is 3. The molecule has 10 nitrogen and oxygen atoms in total. The van der Waals surface area contributed by atoms with Crippen LogP contribution in [0.4, 0.5) is 24.1 Å². The van der Waals surface area contributed by atoms with Gasteiger partial charge < -0.3 is 18.9 Å². The maximum atomic E-state index is 12.7. The van der Waals surface area contributed by atoms with Gasteiger partial charge in [-0.3, -0.25) is 10.1 Å². The highest BCUT2D eigenvalue weighted by atomic mass is 35.5. The van der Waals surface area contributed by atoms with Gasteiger partial charge in [0.05, 0.1) is 33.6 Å². The maximum absolute atomic E-state index is 12.7. The van der Waals surface area contributed by atoms with Crippen LogP contribution in [-0.4, -0.2) is 56.1 Å². The van der Waals surface area contributed by atoms with Crippen molar-refractivity contribution in [3.8, 4) is 11.5 Å². The molecule has 0 aliphatic carbocycles. The van der Waals surface area contributed by atoms with Crippen molar-refractivity contribution < 1.29 is 42.1 Å². The predicted molar refractivity (Wildman–Crippen MR) is 136 cm³/mol. The minimum Gasteiger partial charge on any atom is -0.493 e. The van der Waals surface area contributed by atoms with Crippen LogP contribution in [0, 0.1) is 5.92 Å². The van der Waals surface area contributed by atoms with E-state index in [0.717, 1.165) is 5.56 Å². The summed E-state index contributed by atoms with van der Waals surface area (Å²) in [5, 5.41) is 8.55. The Bertz CT molecular complexity index is 1150. The number of benzene rings is 2. The lowest BCUT2D eigenvalue weighted by molar-refractivity contribution is -0.133. The smallest absolute Gasteiger partial charge is 0.411 e. The molecule has 0 radical (unpaired) electrons. The van der Waals surface area contributed by atoms with Crippen LogP contribution in [0.5, 0.6) is 11.5 Å². The molecule has 0 fully saturated rings. The Morgan fingerprint density at radius 3 is 2.29 bits per heavy atom. The average molecular weight is 556 g/mol. The summed E-state index contributed by atoms with van der Waals surface area (Å²) in [6.45, 7) is -0.773. The van der Waals surface area contributed by atoms with E-state index in [1.165, 1.54) is 32.4 Å². The fourth-order valence-corrected chi connectivity index (χ4v) is 3.49. The zero-order valence-electron chi connectivity index (χ0n) is 21.2. The number of rotatable bonds is 8. The van der Waals surface area contributed by atoms with Crippen LogP contribution in [-0.2, 0) is 20.8 Å². The van der Waals surface area contributed by atoms with Crippen LogP contribution >= 0.6 is 11.6 Å². The van der Waals surface area contributed by atoms with Gasteiger partial charge in [-0.1, -0.05) is 19.1 Å². The Hall–Kier alpha value is -3.93. The molecule has 0 saturated carbocycles. The number of hydrazone groups is 1. The Balaban J connectivity index is 0.000000926. The molecule has 0 spiro atoms. The second kappa shape index (κ2) is 14.7. The lowest BCUT2D eigenvalue weighted by Crippen LogP contribution is -2.36. The zero-order chi connectivity index (χ0) is 28.2. The number of carbonyl (C=O) groups excluding carboxylic acids is 3. The molecule has 1 aliphatic heterocycles. The first-order chi connectivity index (χ1) is 18.1. The molecular weight excluding hydrogens is 528 g/mol. The van der Waals surface area contributed by atoms with Gasteiger partial charge in [0.25, 0.3) is 0 Å². The summed E-state index contributed by atoms with van der Waals surface area (Å²) in [6.07, 6.45) is 0.382. The highest BCUT2D eigenvalue weighted by Crippen LogP contribution is 2.33. The van der Waals surface area contributed by atoms with E-state index in [0.29, 0.717) is 23.4 Å². The molecule has 0 saturated heterocycles. The minimum atomic E-state index is -2.97. The van der Waals surface area contributed by atoms with Crippen LogP contribution in [0.2, 0.25) is 0 Å². The van der Waals surface area contributed by atoms with Crippen molar-refractivity contribution in [2.24, 2.45) is 11.0 Å². The van der Waals surface area contributed by atoms with E-state index < -0.39 is 18.1 Å². The van der Waals surface area contributed by atoms with Crippen molar-refractivity contribution in [1.29, 1.82) is 0 Å². The normalized spacial score (nSPS) is 14.6. The van der Waals surface area contributed by atoms with Crippen LogP contribution in [0.1, 0.15) is 30.9 Å². The predicted octanol–water partition coefficient (Wildman–Crippen LogP) is 5.63. The quantitative estimate of drug-likeness (QED) is 0.420. The van der Waals surface area contributed by atoms with E-state index in [9.17, 15) is 23.2 Å². The molecule has 206 valence electrons. The van der Waals surface area contributed by atoms with Crippen molar-refractivity contribution in [2.75, 3.05) is 26.6 Å². The molecule has 2 aromatic rings. The number of ether oxygens (including phenoxy) is 4. The monoisotopic (exact) mass is 555 g/mol. The van der Waals surface area contributed by atoms with Crippen molar-refractivity contribution in [2.45, 2.75) is 32.9 Å².